The van der Waals surface area contributed by atoms with E-state index in [4.69, 9.17) is 10.5 Å². The Kier molecular flexibility index (Phi) is 7.71. The van der Waals surface area contributed by atoms with Crippen LogP contribution >= 0.6 is 11.3 Å². The van der Waals surface area contributed by atoms with E-state index in [0.717, 1.165) is 75.5 Å². The van der Waals surface area contributed by atoms with E-state index in [1.165, 1.54) is 18.5 Å². The van der Waals surface area contributed by atoms with Gasteiger partial charge in [0.05, 0.1) is 18.8 Å². The molecule has 1 aliphatic rings. The van der Waals surface area contributed by atoms with Crippen LogP contribution in [0.2, 0.25) is 0 Å². The summed E-state index contributed by atoms with van der Waals surface area (Å²) < 4.78 is 7.81. The number of nitrogens with two attached hydrogens (primary N) is 1. The molecule has 0 unspecified atom stereocenters. The van der Waals surface area contributed by atoms with Crippen LogP contribution < -0.4 is 5.73 Å². The molecule has 0 aliphatic carbocycles. The summed E-state index contributed by atoms with van der Waals surface area (Å²) in [4.78, 5) is 14.8. The number of ether oxygens (including phenoxy) is 1. The van der Waals surface area contributed by atoms with E-state index in [1.807, 2.05) is 6.92 Å². The predicted octanol–water partition coefficient (Wildman–Crippen LogP) is 4.08. The van der Waals surface area contributed by atoms with Gasteiger partial charge in [-0.25, -0.2) is 0 Å². The summed E-state index contributed by atoms with van der Waals surface area (Å²) in [5.41, 5.74) is 11.0. The van der Waals surface area contributed by atoms with Gasteiger partial charge in [0.2, 0.25) is 0 Å². The number of thiophene rings is 1. The van der Waals surface area contributed by atoms with E-state index in [2.05, 4.69) is 33.2 Å². The molecule has 1 amide bonds. The number of carbonyl (C=O) groups is 1. The molecule has 2 aromatic rings. The summed E-state index contributed by atoms with van der Waals surface area (Å²) in [5, 5.41) is 4.20. The Morgan fingerprint density at radius 2 is 2.00 bits per heavy atom. The standard InChI is InChI=1S/C22H33N3O2S/c1-3-4-5-7-19-21(18-8-15-28-16-18)20(22(23)26)17(2)25(19)10-6-9-24-11-13-27-14-12-24/h8,15-16H,3-7,9-14H2,1-2H3,(H2,23,26). The fourth-order valence-corrected chi connectivity index (χ4v) is 4.85. The molecule has 3 rings (SSSR count). The van der Waals surface area contributed by atoms with Crippen molar-refractivity contribution in [3.8, 4) is 11.1 Å². The Morgan fingerprint density at radius 3 is 2.64 bits per heavy atom. The molecule has 28 heavy (non-hydrogen) atoms. The van der Waals surface area contributed by atoms with Gasteiger partial charge in [-0.3, -0.25) is 9.69 Å². The lowest BCUT2D eigenvalue weighted by Gasteiger charge is -2.26. The molecule has 2 N–H and O–H groups in total. The van der Waals surface area contributed by atoms with E-state index >= 15 is 0 Å². The van der Waals surface area contributed by atoms with Crippen LogP contribution in [0.1, 0.15) is 54.4 Å². The van der Waals surface area contributed by atoms with Gasteiger partial charge in [-0.15, -0.1) is 0 Å². The van der Waals surface area contributed by atoms with Crippen LogP contribution in [0.15, 0.2) is 16.8 Å². The fourth-order valence-electron chi connectivity index (χ4n) is 4.20. The number of rotatable bonds is 10. The van der Waals surface area contributed by atoms with Crippen LogP contribution in [0.25, 0.3) is 11.1 Å². The largest absolute Gasteiger partial charge is 0.379 e. The van der Waals surface area contributed by atoms with Crippen molar-refractivity contribution in [2.75, 3.05) is 32.8 Å². The number of unbranched alkanes of at least 4 members (excludes halogenated alkanes) is 2. The highest BCUT2D eigenvalue weighted by Crippen LogP contribution is 2.35. The van der Waals surface area contributed by atoms with Crippen LogP contribution in [-0.4, -0.2) is 48.2 Å². The first kappa shape index (κ1) is 21.1. The Labute approximate surface area is 172 Å². The average molecular weight is 404 g/mol. The molecule has 5 nitrogen and oxygen atoms in total. The summed E-state index contributed by atoms with van der Waals surface area (Å²) in [6, 6.07) is 2.10. The first-order valence-corrected chi connectivity index (χ1v) is 11.4. The minimum atomic E-state index is -0.317. The zero-order chi connectivity index (χ0) is 19.9. The summed E-state index contributed by atoms with van der Waals surface area (Å²) in [6.45, 7) is 9.96. The molecular formula is C22H33N3O2S. The van der Waals surface area contributed by atoms with Gasteiger partial charge in [0.1, 0.15) is 0 Å². The Bertz CT molecular complexity index is 761. The second-order valence-corrected chi connectivity index (χ2v) is 8.35. The molecule has 1 fully saturated rings. The van der Waals surface area contributed by atoms with Gasteiger partial charge in [-0.05, 0) is 48.6 Å². The number of amides is 1. The SMILES string of the molecule is CCCCCc1c(-c2ccsc2)c(C(N)=O)c(C)n1CCCN1CCOCC1. The minimum absolute atomic E-state index is 0.317. The Balaban J connectivity index is 1.87. The van der Waals surface area contributed by atoms with Gasteiger partial charge in [0.15, 0.2) is 0 Å². The van der Waals surface area contributed by atoms with Gasteiger partial charge in [0.25, 0.3) is 5.91 Å². The minimum Gasteiger partial charge on any atom is -0.379 e. The summed E-state index contributed by atoms with van der Waals surface area (Å²) in [7, 11) is 0. The maximum absolute atomic E-state index is 12.3. The monoisotopic (exact) mass is 403 g/mol. The lowest BCUT2D eigenvalue weighted by Crippen LogP contribution is -2.37. The van der Waals surface area contributed by atoms with Crippen molar-refractivity contribution in [1.82, 2.24) is 9.47 Å². The summed E-state index contributed by atoms with van der Waals surface area (Å²) in [6.07, 6.45) is 5.58. The highest BCUT2D eigenvalue weighted by atomic mass is 32.1. The third kappa shape index (κ3) is 4.85. The van der Waals surface area contributed by atoms with E-state index in [9.17, 15) is 4.79 Å². The van der Waals surface area contributed by atoms with Crippen molar-refractivity contribution >= 4 is 17.2 Å². The molecule has 0 saturated carbocycles. The van der Waals surface area contributed by atoms with E-state index < -0.39 is 0 Å². The van der Waals surface area contributed by atoms with Crippen molar-refractivity contribution in [1.29, 1.82) is 0 Å². The lowest BCUT2D eigenvalue weighted by molar-refractivity contribution is 0.0369. The molecule has 1 saturated heterocycles. The molecular weight excluding hydrogens is 370 g/mol. The van der Waals surface area contributed by atoms with Gasteiger partial charge in [-0.1, -0.05) is 19.8 Å². The highest BCUT2D eigenvalue weighted by Gasteiger charge is 2.24. The first-order chi connectivity index (χ1) is 13.6. The van der Waals surface area contributed by atoms with E-state index in [1.54, 1.807) is 11.3 Å². The molecule has 0 radical (unpaired) electrons. The molecule has 154 valence electrons. The van der Waals surface area contributed by atoms with Gasteiger partial charge in [0, 0.05) is 43.1 Å². The second-order valence-electron chi connectivity index (χ2n) is 7.57. The number of morpholine rings is 1. The van der Waals surface area contributed by atoms with Crippen molar-refractivity contribution in [2.45, 2.75) is 52.5 Å². The number of hydrogen-bond acceptors (Lipinski definition) is 4. The van der Waals surface area contributed by atoms with Crippen LogP contribution in [0.5, 0.6) is 0 Å². The summed E-state index contributed by atoms with van der Waals surface area (Å²) >= 11 is 1.66. The van der Waals surface area contributed by atoms with Crippen molar-refractivity contribution in [2.24, 2.45) is 5.73 Å². The Hall–Kier alpha value is -1.63. The number of primary amides is 1. The number of carbonyl (C=O) groups excluding carboxylic acids is 1. The van der Waals surface area contributed by atoms with Crippen LogP contribution in [-0.2, 0) is 17.7 Å². The molecule has 2 aromatic heterocycles. The van der Waals surface area contributed by atoms with Gasteiger partial charge < -0.3 is 15.0 Å². The fraction of sp³-hybridized carbons (Fsp3) is 0.591. The maximum Gasteiger partial charge on any atom is 0.251 e. The third-order valence-corrected chi connectivity index (χ3v) is 6.35. The summed E-state index contributed by atoms with van der Waals surface area (Å²) in [5.74, 6) is -0.317. The molecule has 0 bridgehead atoms. The normalized spacial score (nSPS) is 15.2. The van der Waals surface area contributed by atoms with E-state index in [0.29, 0.717) is 5.56 Å². The Morgan fingerprint density at radius 1 is 1.21 bits per heavy atom. The molecule has 0 atom stereocenters. The van der Waals surface area contributed by atoms with Crippen LogP contribution in [0.4, 0.5) is 0 Å². The smallest absolute Gasteiger partial charge is 0.251 e. The van der Waals surface area contributed by atoms with E-state index in [-0.39, 0.29) is 5.91 Å². The molecule has 0 spiro atoms. The average Bonchev–Trinajstić information content (AvgIpc) is 3.30. The molecule has 1 aliphatic heterocycles. The molecule has 0 aromatic carbocycles. The van der Waals surface area contributed by atoms with Crippen molar-refractivity contribution in [3.63, 3.8) is 0 Å². The number of nitrogens with zero attached hydrogens (tertiary/aromatic N) is 2. The maximum atomic E-state index is 12.3. The van der Waals surface area contributed by atoms with Crippen molar-refractivity contribution in [3.05, 3.63) is 33.8 Å². The van der Waals surface area contributed by atoms with Gasteiger partial charge >= 0.3 is 0 Å². The molecule has 3 heterocycles. The van der Waals surface area contributed by atoms with Gasteiger partial charge in [-0.2, -0.15) is 11.3 Å². The number of aromatic nitrogens is 1. The van der Waals surface area contributed by atoms with Crippen LogP contribution in [0.3, 0.4) is 0 Å². The highest BCUT2D eigenvalue weighted by molar-refractivity contribution is 7.08. The predicted molar refractivity (Wildman–Crippen MR) is 116 cm³/mol. The molecule has 6 heteroatoms. The lowest BCUT2D eigenvalue weighted by atomic mass is 9.99. The second kappa shape index (κ2) is 10.2. The zero-order valence-corrected chi connectivity index (χ0v) is 18.0. The topological polar surface area (TPSA) is 60.5 Å². The quantitative estimate of drug-likeness (QED) is 0.608. The first-order valence-electron chi connectivity index (χ1n) is 10.5. The third-order valence-electron chi connectivity index (χ3n) is 5.66. The zero-order valence-electron chi connectivity index (χ0n) is 17.2. The number of hydrogen-bond donors (Lipinski definition) is 1. The van der Waals surface area contributed by atoms with Crippen molar-refractivity contribution < 1.29 is 9.53 Å². The van der Waals surface area contributed by atoms with Crippen LogP contribution in [0, 0.1) is 6.92 Å².